The topological polar surface area (TPSA) is 27.0 Å². The van der Waals surface area contributed by atoms with Gasteiger partial charge < -0.3 is 4.90 Å². The van der Waals surface area contributed by atoms with Gasteiger partial charge in [-0.2, -0.15) is 5.26 Å². The van der Waals surface area contributed by atoms with Crippen molar-refractivity contribution in [2.45, 2.75) is 37.6 Å². The summed E-state index contributed by atoms with van der Waals surface area (Å²) in [6.07, 6.45) is 5.28. The average molecular weight is 228 g/mol. The number of hydrogen-bond donors (Lipinski definition) is 0. The molecule has 17 heavy (non-hydrogen) atoms. The van der Waals surface area contributed by atoms with Crippen molar-refractivity contribution in [1.82, 2.24) is 4.90 Å². The van der Waals surface area contributed by atoms with Crippen molar-refractivity contribution in [2.75, 3.05) is 13.6 Å². The second kappa shape index (κ2) is 5.84. The molecule has 1 unspecified atom stereocenters. The molecular weight excluding hydrogens is 208 g/mol. The lowest BCUT2D eigenvalue weighted by Gasteiger charge is -2.26. The van der Waals surface area contributed by atoms with Crippen molar-refractivity contribution in [1.29, 1.82) is 5.26 Å². The molecule has 0 aliphatic heterocycles. The largest absolute Gasteiger partial charge is 0.302 e. The average Bonchev–Trinajstić information content (AvgIpc) is 2.90. The molecule has 1 aliphatic rings. The van der Waals surface area contributed by atoms with Crippen LogP contribution in [0.2, 0.25) is 0 Å². The van der Waals surface area contributed by atoms with Crippen LogP contribution in [-0.4, -0.2) is 24.5 Å². The summed E-state index contributed by atoms with van der Waals surface area (Å²) in [6, 6.07) is 13.2. The summed E-state index contributed by atoms with van der Waals surface area (Å²) in [5.74, 6) is 0.00167. The molecule has 1 atom stereocenters. The van der Waals surface area contributed by atoms with Gasteiger partial charge in [-0.05, 0) is 25.5 Å². The normalized spacial score (nSPS) is 18.2. The van der Waals surface area contributed by atoms with Gasteiger partial charge in [-0.15, -0.1) is 0 Å². The number of hydrogen-bond acceptors (Lipinski definition) is 2. The third-order valence-electron chi connectivity index (χ3n) is 3.78. The highest BCUT2D eigenvalue weighted by molar-refractivity contribution is 5.25. The Hall–Kier alpha value is -1.33. The zero-order valence-electron chi connectivity index (χ0n) is 10.5. The summed E-state index contributed by atoms with van der Waals surface area (Å²) in [6.45, 7) is 0.852. The molecule has 1 saturated carbocycles. The first-order valence-electron chi connectivity index (χ1n) is 6.46. The van der Waals surface area contributed by atoms with Gasteiger partial charge in [-0.1, -0.05) is 43.2 Å². The van der Waals surface area contributed by atoms with E-state index < -0.39 is 0 Å². The molecule has 2 nitrogen and oxygen atoms in total. The van der Waals surface area contributed by atoms with Crippen LogP contribution in [0.1, 0.15) is 37.2 Å². The fourth-order valence-corrected chi connectivity index (χ4v) is 2.69. The van der Waals surface area contributed by atoms with E-state index in [2.05, 4.69) is 30.1 Å². The second-order valence-electron chi connectivity index (χ2n) is 4.97. The zero-order valence-corrected chi connectivity index (χ0v) is 10.5. The van der Waals surface area contributed by atoms with Gasteiger partial charge in [-0.3, -0.25) is 0 Å². The van der Waals surface area contributed by atoms with Crippen LogP contribution in [0.3, 0.4) is 0 Å². The van der Waals surface area contributed by atoms with E-state index >= 15 is 0 Å². The van der Waals surface area contributed by atoms with E-state index in [1.165, 1.54) is 25.7 Å². The number of nitrogens with zero attached hydrogens (tertiary/aromatic N) is 2. The Kier molecular flexibility index (Phi) is 4.17. The minimum Gasteiger partial charge on any atom is -0.302 e. The molecule has 0 N–H and O–H groups in total. The third-order valence-corrected chi connectivity index (χ3v) is 3.78. The highest BCUT2D eigenvalue weighted by Gasteiger charge is 2.22. The van der Waals surface area contributed by atoms with Gasteiger partial charge in [0.25, 0.3) is 0 Å². The van der Waals surface area contributed by atoms with Crippen LogP contribution >= 0.6 is 0 Å². The van der Waals surface area contributed by atoms with E-state index in [0.717, 1.165) is 12.1 Å². The minimum atomic E-state index is 0.00167. The molecule has 1 aromatic carbocycles. The summed E-state index contributed by atoms with van der Waals surface area (Å²) in [5.41, 5.74) is 1.14. The molecule has 0 saturated heterocycles. The highest BCUT2D eigenvalue weighted by atomic mass is 15.1. The van der Waals surface area contributed by atoms with Crippen molar-refractivity contribution in [3.8, 4) is 6.07 Å². The van der Waals surface area contributed by atoms with Crippen molar-refractivity contribution >= 4 is 0 Å². The fourth-order valence-electron chi connectivity index (χ4n) is 2.69. The van der Waals surface area contributed by atoms with Crippen LogP contribution in [0, 0.1) is 11.3 Å². The Labute approximate surface area is 104 Å². The molecular formula is C15H20N2. The van der Waals surface area contributed by atoms with Crippen LogP contribution in [0.4, 0.5) is 0 Å². The monoisotopic (exact) mass is 228 g/mol. The van der Waals surface area contributed by atoms with E-state index in [-0.39, 0.29) is 5.92 Å². The molecule has 1 aromatic rings. The lowest BCUT2D eigenvalue weighted by atomic mass is 9.99. The molecule has 0 aromatic heterocycles. The smallest absolute Gasteiger partial charge is 0.0839 e. The molecule has 1 fully saturated rings. The molecule has 0 heterocycles. The van der Waals surface area contributed by atoms with Gasteiger partial charge in [-0.25, -0.2) is 0 Å². The molecule has 0 bridgehead atoms. The van der Waals surface area contributed by atoms with Crippen molar-refractivity contribution in [3.63, 3.8) is 0 Å². The fraction of sp³-hybridized carbons (Fsp3) is 0.533. The van der Waals surface area contributed by atoms with Gasteiger partial charge in [0.05, 0.1) is 12.0 Å². The third kappa shape index (κ3) is 3.08. The van der Waals surface area contributed by atoms with Crippen molar-refractivity contribution < 1.29 is 0 Å². The highest BCUT2D eigenvalue weighted by Crippen LogP contribution is 2.25. The maximum atomic E-state index is 9.29. The zero-order chi connectivity index (χ0) is 12.1. The number of benzene rings is 1. The minimum absolute atomic E-state index is 0.00167. The van der Waals surface area contributed by atoms with Gasteiger partial charge in [0.2, 0.25) is 0 Å². The molecule has 2 heteroatoms. The first kappa shape index (κ1) is 12.1. The van der Waals surface area contributed by atoms with E-state index in [0.29, 0.717) is 6.04 Å². The van der Waals surface area contributed by atoms with Crippen LogP contribution < -0.4 is 0 Å². The van der Waals surface area contributed by atoms with E-state index in [1.54, 1.807) is 0 Å². The first-order valence-corrected chi connectivity index (χ1v) is 6.46. The summed E-state index contributed by atoms with van der Waals surface area (Å²) >= 11 is 0. The SMILES string of the molecule is CN(CC(C#N)c1ccccc1)C1CCCC1. The lowest BCUT2D eigenvalue weighted by Crippen LogP contribution is -2.32. The standard InChI is InChI=1S/C15H20N2/c1-17(15-9-5-6-10-15)12-14(11-16)13-7-3-2-4-8-13/h2-4,7-8,14-15H,5-6,9-10,12H2,1H3. The number of likely N-dealkylation sites (N-methyl/N-ethyl adjacent to an activating group) is 1. The Bertz CT molecular complexity index is 374. The van der Waals surface area contributed by atoms with Crippen molar-refractivity contribution in [2.24, 2.45) is 0 Å². The predicted molar refractivity (Wildman–Crippen MR) is 69.7 cm³/mol. The Balaban J connectivity index is 1.98. The molecule has 1 aliphatic carbocycles. The second-order valence-corrected chi connectivity index (χ2v) is 4.97. The molecule has 90 valence electrons. The Morgan fingerprint density at radius 2 is 1.94 bits per heavy atom. The van der Waals surface area contributed by atoms with Gasteiger partial charge in [0.1, 0.15) is 0 Å². The van der Waals surface area contributed by atoms with E-state index in [1.807, 2.05) is 18.2 Å². The van der Waals surface area contributed by atoms with Gasteiger partial charge >= 0.3 is 0 Å². The molecule has 0 amide bonds. The van der Waals surface area contributed by atoms with Crippen LogP contribution in [0.15, 0.2) is 30.3 Å². The Morgan fingerprint density at radius 1 is 1.29 bits per heavy atom. The first-order chi connectivity index (χ1) is 8.31. The molecule has 0 spiro atoms. The molecule has 0 radical (unpaired) electrons. The van der Waals surface area contributed by atoms with Gasteiger partial charge in [0.15, 0.2) is 0 Å². The maximum absolute atomic E-state index is 9.29. The summed E-state index contributed by atoms with van der Waals surface area (Å²) in [4.78, 5) is 2.37. The van der Waals surface area contributed by atoms with Crippen LogP contribution in [0.5, 0.6) is 0 Å². The maximum Gasteiger partial charge on any atom is 0.0839 e. The predicted octanol–water partition coefficient (Wildman–Crippen LogP) is 3.17. The lowest BCUT2D eigenvalue weighted by molar-refractivity contribution is 0.241. The summed E-state index contributed by atoms with van der Waals surface area (Å²) < 4.78 is 0. The summed E-state index contributed by atoms with van der Waals surface area (Å²) in [7, 11) is 2.16. The quantitative estimate of drug-likeness (QED) is 0.791. The number of nitriles is 1. The van der Waals surface area contributed by atoms with Crippen molar-refractivity contribution in [3.05, 3.63) is 35.9 Å². The van der Waals surface area contributed by atoms with Gasteiger partial charge in [0, 0.05) is 12.6 Å². The Morgan fingerprint density at radius 3 is 2.53 bits per heavy atom. The van der Waals surface area contributed by atoms with Crippen LogP contribution in [-0.2, 0) is 0 Å². The van der Waals surface area contributed by atoms with Crippen LogP contribution in [0.25, 0.3) is 0 Å². The summed E-state index contributed by atoms with van der Waals surface area (Å²) in [5, 5.41) is 9.29. The molecule has 2 rings (SSSR count). The van der Waals surface area contributed by atoms with E-state index in [9.17, 15) is 5.26 Å². The number of rotatable bonds is 4. The van der Waals surface area contributed by atoms with E-state index in [4.69, 9.17) is 0 Å².